The molecule has 0 aliphatic rings. The highest BCUT2D eigenvalue weighted by Crippen LogP contribution is 2.04. The molecule has 1 N–H and O–H groups in total. The zero-order valence-electron chi connectivity index (χ0n) is 11.3. The molecule has 2 heterocycles. The molecule has 2 aromatic rings. The summed E-state index contributed by atoms with van der Waals surface area (Å²) in [5.41, 5.74) is 2.85. The van der Waals surface area contributed by atoms with E-state index >= 15 is 0 Å². The molecule has 0 fully saturated rings. The van der Waals surface area contributed by atoms with Gasteiger partial charge in [0.2, 0.25) is 5.91 Å². The minimum absolute atomic E-state index is 0.132. The summed E-state index contributed by atoms with van der Waals surface area (Å²) >= 11 is 0. The third-order valence-electron chi connectivity index (χ3n) is 2.72. The fourth-order valence-corrected chi connectivity index (χ4v) is 1.76. The van der Waals surface area contributed by atoms with Crippen LogP contribution in [0.25, 0.3) is 6.08 Å². The lowest BCUT2D eigenvalue weighted by Gasteiger charge is -1.99. The van der Waals surface area contributed by atoms with Gasteiger partial charge in [-0.05, 0) is 13.0 Å². The maximum absolute atomic E-state index is 11.7. The van der Waals surface area contributed by atoms with Crippen LogP contribution in [0.4, 0.5) is 0 Å². The maximum Gasteiger partial charge on any atom is 0.244 e. The molecule has 0 radical (unpaired) electrons. The minimum Gasteiger partial charge on any atom is -0.348 e. The molecule has 1 amide bonds. The fraction of sp³-hybridized carbons (Fsp3) is 0.308. The summed E-state index contributed by atoms with van der Waals surface area (Å²) in [5.74, 6) is -0.132. The molecule has 19 heavy (non-hydrogen) atoms. The number of carbonyl (C=O) groups is 1. The number of carbonyl (C=O) groups excluding carboxylic acids is 1. The van der Waals surface area contributed by atoms with Crippen molar-refractivity contribution < 1.29 is 4.79 Å². The van der Waals surface area contributed by atoms with Crippen LogP contribution in [0.2, 0.25) is 0 Å². The smallest absolute Gasteiger partial charge is 0.244 e. The van der Waals surface area contributed by atoms with E-state index in [1.165, 1.54) is 6.08 Å². The third-order valence-corrected chi connectivity index (χ3v) is 2.72. The largest absolute Gasteiger partial charge is 0.348 e. The maximum atomic E-state index is 11.7. The standard InChI is InChI=1S/C13H17N5O/c1-10-12(9-18(3)16-10)7-14-13(19)5-4-11-6-15-17(2)8-11/h4-6,8-9H,7H2,1-3H3,(H,14,19)/b5-4+. The number of nitrogens with zero attached hydrogens (tertiary/aromatic N) is 4. The number of nitrogens with one attached hydrogen (secondary N) is 1. The molecule has 6 nitrogen and oxygen atoms in total. The van der Waals surface area contributed by atoms with E-state index in [4.69, 9.17) is 0 Å². The van der Waals surface area contributed by atoms with Crippen molar-refractivity contribution in [2.24, 2.45) is 14.1 Å². The summed E-state index contributed by atoms with van der Waals surface area (Å²) in [6.07, 6.45) is 8.69. The molecule has 2 rings (SSSR count). The van der Waals surface area contributed by atoms with E-state index in [0.29, 0.717) is 6.54 Å². The molecule has 6 heteroatoms. The van der Waals surface area contributed by atoms with Crippen molar-refractivity contribution in [3.8, 4) is 0 Å². The second kappa shape index (κ2) is 5.51. The minimum atomic E-state index is -0.132. The Bertz CT molecular complexity index is 608. The number of aryl methyl sites for hydroxylation is 3. The van der Waals surface area contributed by atoms with E-state index in [2.05, 4.69) is 15.5 Å². The molecular formula is C13H17N5O. The van der Waals surface area contributed by atoms with Crippen molar-refractivity contribution in [2.45, 2.75) is 13.5 Å². The summed E-state index contributed by atoms with van der Waals surface area (Å²) in [4.78, 5) is 11.7. The average Bonchev–Trinajstić information content (AvgIpc) is 2.90. The van der Waals surface area contributed by atoms with E-state index < -0.39 is 0 Å². The average molecular weight is 259 g/mol. The second-order valence-corrected chi connectivity index (χ2v) is 4.41. The molecule has 0 spiro atoms. The van der Waals surface area contributed by atoms with E-state index in [9.17, 15) is 4.79 Å². The molecule has 0 aromatic carbocycles. The topological polar surface area (TPSA) is 64.7 Å². The van der Waals surface area contributed by atoms with Crippen LogP contribution in [0, 0.1) is 6.92 Å². The van der Waals surface area contributed by atoms with Gasteiger partial charge in [-0.2, -0.15) is 10.2 Å². The van der Waals surface area contributed by atoms with Crippen LogP contribution in [-0.4, -0.2) is 25.5 Å². The normalized spacial score (nSPS) is 11.1. The molecule has 0 unspecified atom stereocenters. The van der Waals surface area contributed by atoms with E-state index in [1.807, 2.05) is 33.4 Å². The molecule has 0 bridgehead atoms. The number of rotatable bonds is 4. The highest BCUT2D eigenvalue weighted by atomic mass is 16.1. The van der Waals surface area contributed by atoms with Gasteiger partial charge in [-0.1, -0.05) is 0 Å². The highest BCUT2D eigenvalue weighted by molar-refractivity contribution is 5.91. The summed E-state index contributed by atoms with van der Waals surface area (Å²) in [6, 6.07) is 0. The van der Waals surface area contributed by atoms with Crippen molar-refractivity contribution in [3.05, 3.63) is 41.5 Å². The SMILES string of the molecule is Cc1nn(C)cc1CNC(=O)/C=C/c1cnn(C)c1. The van der Waals surface area contributed by atoms with Gasteiger partial charge in [-0.15, -0.1) is 0 Å². The van der Waals surface area contributed by atoms with Crippen LogP contribution in [0.1, 0.15) is 16.8 Å². The lowest BCUT2D eigenvalue weighted by molar-refractivity contribution is -0.116. The first-order valence-corrected chi connectivity index (χ1v) is 5.98. The molecule has 2 aromatic heterocycles. The number of aromatic nitrogens is 4. The van der Waals surface area contributed by atoms with Crippen LogP contribution >= 0.6 is 0 Å². The molecule has 100 valence electrons. The van der Waals surface area contributed by atoms with Crippen molar-refractivity contribution >= 4 is 12.0 Å². The Hall–Kier alpha value is -2.37. The van der Waals surface area contributed by atoms with Crippen molar-refractivity contribution in [1.29, 1.82) is 0 Å². The first-order chi connectivity index (χ1) is 9.04. The van der Waals surface area contributed by atoms with Crippen LogP contribution < -0.4 is 5.32 Å². The quantitative estimate of drug-likeness (QED) is 0.826. The first kappa shape index (κ1) is 13.1. The van der Waals surface area contributed by atoms with Gasteiger partial charge in [0.1, 0.15) is 0 Å². The molecule has 0 aliphatic heterocycles. The lowest BCUT2D eigenvalue weighted by Crippen LogP contribution is -2.20. The lowest BCUT2D eigenvalue weighted by atomic mass is 10.2. The summed E-state index contributed by atoms with van der Waals surface area (Å²) in [6.45, 7) is 2.41. The van der Waals surface area contributed by atoms with Gasteiger partial charge in [-0.3, -0.25) is 14.2 Å². The Labute approximate surface area is 111 Å². The van der Waals surface area contributed by atoms with Crippen molar-refractivity contribution in [1.82, 2.24) is 24.9 Å². The van der Waals surface area contributed by atoms with E-state index in [-0.39, 0.29) is 5.91 Å². The van der Waals surface area contributed by atoms with Crippen LogP contribution in [0.3, 0.4) is 0 Å². The zero-order chi connectivity index (χ0) is 13.8. The Balaban J connectivity index is 1.88. The van der Waals surface area contributed by atoms with E-state index in [0.717, 1.165) is 16.8 Å². The zero-order valence-corrected chi connectivity index (χ0v) is 11.3. The number of hydrogen-bond acceptors (Lipinski definition) is 3. The highest BCUT2D eigenvalue weighted by Gasteiger charge is 2.03. The van der Waals surface area contributed by atoms with Crippen LogP contribution in [0.15, 0.2) is 24.7 Å². The number of hydrogen-bond donors (Lipinski definition) is 1. The Morgan fingerprint density at radius 3 is 2.74 bits per heavy atom. The molecule has 0 saturated carbocycles. The van der Waals surface area contributed by atoms with Crippen molar-refractivity contribution in [3.63, 3.8) is 0 Å². The molecule has 0 aliphatic carbocycles. The first-order valence-electron chi connectivity index (χ1n) is 5.98. The molecule has 0 atom stereocenters. The molecular weight excluding hydrogens is 242 g/mol. The number of amides is 1. The predicted octanol–water partition coefficient (Wildman–Crippen LogP) is 0.792. The molecule has 0 saturated heterocycles. The second-order valence-electron chi connectivity index (χ2n) is 4.41. The fourth-order valence-electron chi connectivity index (χ4n) is 1.76. The van der Waals surface area contributed by atoms with Gasteiger partial charge in [0, 0.05) is 50.2 Å². The summed E-state index contributed by atoms with van der Waals surface area (Å²) in [7, 11) is 3.70. The Morgan fingerprint density at radius 2 is 2.16 bits per heavy atom. The van der Waals surface area contributed by atoms with Gasteiger partial charge in [0.15, 0.2) is 0 Å². The van der Waals surface area contributed by atoms with Gasteiger partial charge < -0.3 is 5.32 Å². The Kier molecular flexibility index (Phi) is 3.79. The summed E-state index contributed by atoms with van der Waals surface area (Å²) in [5, 5.41) is 11.1. The van der Waals surface area contributed by atoms with E-state index in [1.54, 1.807) is 21.6 Å². The monoisotopic (exact) mass is 259 g/mol. The van der Waals surface area contributed by atoms with Gasteiger partial charge in [-0.25, -0.2) is 0 Å². The van der Waals surface area contributed by atoms with Crippen LogP contribution in [0.5, 0.6) is 0 Å². The third kappa shape index (κ3) is 3.54. The van der Waals surface area contributed by atoms with Crippen LogP contribution in [-0.2, 0) is 25.4 Å². The summed E-state index contributed by atoms with van der Waals surface area (Å²) < 4.78 is 3.43. The van der Waals surface area contributed by atoms with Gasteiger partial charge >= 0.3 is 0 Å². The van der Waals surface area contributed by atoms with Gasteiger partial charge in [0.25, 0.3) is 0 Å². The van der Waals surface area contributed by atoms with Crippen molar-refractivity contribution in [2.75, 3.05) is 0 Å². The van der Waals surface area contributed by atoms with Gasteiger partial charge in [0.05, 0.1) is 11.9 Å². The Morgan fingerprint density at radius 1 is 1.37 bits per heavy atom. The predicted molar refractivity (Wildman–Crippen MR) is 72.0 cm³/mol.